The van der Waals surface area contributed by atoms with Gasteiger partial charge in [0.15, 0.2) is 0 Å². The van der Waals surface area contributed by atoms with E-state index in [2.05, 4.69) is 23.5 Å². The summed E-state index contributed by atoms with van der Waals surface area (Å²) in [4.78, 5) is 14.9. The molecule has 2 rings (SSSR count). The molecule has 0 radical (unpaired) electrons. The highest BCUT2D eigenvalue weighted by Gasteiger charge is 2.15. The molecular weight excluding hydrogens is 286 g/mol. The summed E-state index contributed by atoms with van der Waals surface area (Å²) in [5, 5.41) is 16.0. The topological polar surface area (TPSA) is 68.1 Å². The summed E-state index contributed by atoms with van der Waals surface area (Å²) < 4.78 is 0. The fraction of sp³-hybridized carbons (Fsp3) is 0.400. The van der Waals surface area contributed by atoms with Crippen molar-refractivity contribution in [3.05, 3.63) is 40.2 Å². The Morgan fingerprint density at radius 3 is 2.86 bits per heavy atom. The molecule has 1 unspecified atom stereocenters. The Morgan fingerprint density at radius 1 is 1.43 bits per heavy atom. The number of nitrogens with zero attached hydrogens (tertiary/aromatic N) is 2. The van der Waals surface area contributed by atoms with Crippen LogP contribution < -0.4 is 5.32 Å². The van der Waals surface area contributed by atoms with Crippen LogP contribution in [0, 0.1) is 23.0 Å². The van der Waals surface area contributed by atoms with Crippen molar-refractivity contribution in [3.63, 3.8) is 0 Å². The van der Waals surface area contributed by atoms with Crippen LogP contribution in [0.3, 0.4) is 0 Å². The average molecular weight is 305 g/mol. The van der Waals surface area contributed by atoms with E-state index in [4.69, 9.17) is 0 Å². The van der Waals surface area contributed by atoms with E-state index in [1.54, 1.807) is 18.3 Å². The SMILES string of the molecule is CSCC(C)CNc1ccc([N+](=O)[O-])c2cnc(C)cc12. The molecule has 0 aliphatic rings. The third kappa shape index (κ3) is 3.64. The highest BCUT2D eigenvalue weighted by Crippen LogP contribution is 2.31. The fourth-order valence-electron chi connectivity index (χ4n) is 2.27. The summed E-state index contributed by atoms with van der Waals surface area (Å²) in [5.41, 5.74) is 1.87. The van der Waals surface area contributed by atoms with Gasteiger partial charge in [-0.15, -0.1) is 0 Å². The number of non-ortho nitro benzene ring substituents is 1. The van der Waals surface area contributed by atoms with E-state index in [9.17, 15) is 10.1 Å². The molecule has 1 aromatic carbocycles. The molecule has 1 atom stereocenters. The molecule has 0 bridgehead atoms. The Morgan fingerprint density at radius 2 is 2.19 bits per heavy atom. The zero-order chi connectivity index (χ0) is 15.4. The number of fused-ring (bicyclic) bond motifs is 1. The lowest BCUT2D eigenvalue weighted by atomic mass is 10.1. The maximum Gasteiger partial charge on any atom is 0.278 e. The second kappa shape index (κ2) is 6.76. The standard InChI is InChI=1S/C15H19N3O2S/c1-10(9-21-3)7-17-14-4-5-15(18(19)20)13-8-16-11(2)6-12(13)14/h4-6,8,10,17H,7,9H2,1-3H3. The van der Waals surface area contributed by atoms with E-state index in [0.29, 0.717) is 11.3 Å². The second-order valence-corrected chi connectivity index (χ2v) is 6.11. The van der Waals surface area contributed by atoms with Crippen LogP contribution in [0.15, 0.2) is 24.4 Å². The van der Waals surface area contributed by atoms with Gasteiger partial charge >= 0.3 is 0 Å². The van der Waals surface area contributed by atoms with Crippen LogP contribution in [-0.4, -0.2) is 28.5 Å². The summed E-state index contributed by atoms with van der Waals surface area (Å²) in [6.07, 6.45) is 3.67. The molecule has 6 heteroatoms. The zero-order valence-corrected chi connectivity index (χ0v) is 13.2. The highest BCUT2D eigenvalue weighted by molar-refractivity contribution is 7.98. The number of aromatic nitrogens is 1. The lowest BCUT2D eigenvalue weighted by Crippen LogP contribution is -2.13. The van der Waals surface area contributed by atoms with E-state index in [0.717, 1.165) is 29.1 Å². The summed E-state index contributed by atoms with van der Waals surface area (Å²) in [5.74, 6) is 1.62. The Bertz CT molecular complexity index is 661. The molecule has 0 spiro atoms. The van der Waals surface area contributed by atoms with Crippen molar-refractivity contribution in [1.29, 1.82) is 0 Å². The maximum absolute atomic E-state index is 11.1. The number of nitro benzene ring substituents is 1. The van der Waals surface area contributed by atoms with Gasteiger partial charge in [-0.05, 0) is 37.0 Å². The van der Waals surface area contributed by atoms with Gasteiger partial charge in [-0.1, -0.05) is 6.92 Å². The minimum atomic E-state index is -0.362. The van der Waals surface area contributed by atoms with Crippen molar-refractivity contribution in [1.82, 2.24) is 4.98 Å². The molecule has 0 fully saturated rings. The van der Waals surface area contributed by atoms with Crippen LogP contribution in [0.5, 0.6) is 0 Å². The van der Waals surface area contributed by atoms with Crippen molar-refractivity contribution >= 4 is 33.9 Å². The first kappa shape index (κ1) is 15.6. The zero-order valence-electron chi connectivity index (χ0n) is 12.4. The normalized spacial score (nSPS) is 12.3. The first-order valence-corrected chi connectivity index (χ1v) is 8.19. The molecule has 1 aromatic heterocycles. The van der Waals surface area contributed by atoms with E-state index in [-0.39, 0.29) is 10.6 Å². The van der Waals surface area contributed by atoms with Crippen LogP contribution in [0.4, 0.5) is 11.4 Å². The Balaban J connectivity index is 2.38. The summed E-state index contributed by atoms with van der Waals surface area (Å²) >= 11 is 1.82. The second-order valence-electron chi connectivity index (χ2n) is 5.20. The Kier molecular flexibility index (Phi) is 5.01. The average Bonchev–Trinajstić information content (AvgIpc) is 2.44. The molecule has 1 N–H and O–H groups in total. The Labute approximate surface area is 128 Å². The third-order valence-electron chi connectivity index (χ3n) is 3.30. The lowest BCUT2D eigenvalue weighted by Gasteiger charge is -2.14. The van der Waals surface area contributed by atoms with Crippen LogP contribution in [0.2, 0.25) is 0 Å². The summed E-state index contributed by atoms with van der Waals surface area (Å²) in [6.45, 7) is 4.91. The molecule has 5 nitrogen and oxygen atoms in total. The van der Waals surface area contributed by atoms with Gasteiger partial charge in [0.25, 0.3) is 5.69 Å². The van der Waals surface area contributed by atoms with Gasteiger partial charge < -0.3 is 5.32 Å². The van der Waals surface area contributed by atoms with Gasteiger partial charge in [-0.2, -0.15) is 11.8 Å². The van der Waals surface area contributed by atoms with Crippen LogP contribution >= 0.6 is 11.8 Å². The van der Waals surface area contributed by atoms with Crippen LogP contribution in [-0.2, 0) is 0 Å². The number of nitrogens with one attached hydrogen (secondary N) is 1. The van der Waals surface area contributed by atoms with Crippen molar-refractivity contribution in [2.45, 2.75) is 13.8 Å². The summed E-state index contributed by atoms with van der Waals surface area (Å²) in [7, 11) is 0. The minimum absolute atomic E-state index is 0.0974. The Hall–Kier alpha value is -1.82. The molecule has 0 aliphatic heterocycles. The van der Waals surface area contributed by atoms with Crippen molar-refractivity contribution < 1.29 is 4.92 Å². The molecular formula is C15H19N3O2S. The minimum Gasteiger partial charge on any atom is -0.384 e. The number of hydrogen-bond acceptors (Lipinski definition) is 5. The van der Waals surface area contributed by atoms with Gasteiger partial charge in [-0.3, -0.25) is 15.1 Å². The lowest BCUT2D eigenvalue weighted by molar-refractivity contribution is -0.383. The van der Waals surface area contributed by atoms with Gasteiger partial charge in [-0.25, -0.2) is 0 Å². The van der Waals surface area contributed by atoms with Gasteiger partial charge in [0.2, 0.25) is 0 Å². The van der Waals surface area contributed by atoms with E-state index in [1.165, 1.54) is 0 Å². The van der Waals surface area contributed by atoms with Crippen LogP contribution in [0.1, 0.15) is 12.6 Å². The molecule has 0 amide bonds. The molecule has 0 saturated carbocycles. The number of thioether (sulfide) groups is 1. The number of anilines is 1. The largest absolute Gasteiger partial charge is 0.384 e. The fourth-order valence-corrected chi connectivity index (χ4v) is 2.96. The predicted octanol–water partition coefficient (Wildman–Crippen LogP) is 3.86. The van der Waals surface area contributed by atoms with Gasteiger partial charge in [0, 0.05) is 35.6 Å². The van der Waals surface area contributed by atoms with E-state index < -0.39 is 0 Å². The van der Waals surface area contributed by atoms with Gasteiger partial charge in [0.05, 0.1) is 10.3 Å². The predicted molar refractivity (Wildman–Crippen MR) is 89.2 cm³/mol. The smallest absolute Gasteiger partial charge is 0.278 e. The molecule has 112 valence electrons. The number of pyridine rings is 1. The number of nitro groups is 1. The highest BCUT2D eigenvalue weighted by atomic mass is 32.2. The maximum atomic E-state index is 11.1. The molecule has 0 saturated heterocycles. The first-order chi connectivity index (χ1) is 10.0. The van der Waals surface area contributed by atoms with E-state index in [1.807, 2.05) is 24.8 Å². The monoisotopic (exact) mass is 305 g/mol. The molecule has 21 heavy (non-hydrogen) atoms. The van der Waals surface area contributed by atoms with Crippen molar-refractivity contribution in [2.24, 2.45) is 5.92 Å². The first-order valence-electron chi connectivity index (χ1n) is 6.79. The number of rotatable bonds is 6. The molecule has 1 heterocycles. The number of aryl methyl sites for hydroxylation is 1. The number of hydrogen-bond donors (Lipinski definition) is 1. The van der Waals surface area contributed by atoms with Crippen molar-refractivity contribution in [3.8, 4) is 0 Å². The number of benzene rings is 1. The van der Waals surface area contributed by atoms with Crippen LogP contribution in [0.25, 0.3) is 10.8 Å². The molecule has 0 aliphatic carbocycles. The molecule has 2 aromatic rings. The summed E-state index contributed by atoms with van der Waals surface area (Å²) in [6, 6.07) is 5.22. The van der Waals surface area contributed by atoms with Crippen molar-refractivity contribution in [2.75, 3.05) is 23.9 Å². The third-order valence-corrected chi connectivity index (χ3v) is 4.21. The van der Waals surface area contributed by atoms with Gasteiger partial charge in [0.1, 0.15) is 0 Å². The quantitative estimate of drug-likeness (QED) is 0.648. The van der Waals surface area contributed by atoms with E-state index >= 15 is 0 Å².